The fourth-order valence-corrected chi connectivity index (χ4v) is 2.73. The number of amides is 1. The zero-order valence-corrected chi connectivity index (χ0v) is 13.5. The Bertz CT molecular complexity index is 548. The predicted octanol–water partition coefficient (Wildman–Crippen LogP) is 2.57. The molecular formula is C16H22ClN3O2. The highest BCUT2D eigenvalue weighted by molar-refractivity contribution is 6.31. The molecule has 1 saturated heterocycles. The second-order valence-corrected chi connectivity index (χ2v) is 6.29. The van der Waals surface area contributed by atoms with Crippen molar-refractivity contribution in [3.8, 4) is 0 Å². The fourth-order valence-electron chi connectivity index (χ4n) is 2.55. The van der Waals surface area contributed by atoms with Crippen molar-refractivity contribution in [1.82, 2.24) is 4.90 Å². The van der Waals surface area contributed by atoms with E-state index < -0.39 is 6.10 Å². The summed E-state index contributed by atoms with van der Waals surface area (Å²) >= 11 is 6.07. The number of hydrogen-bond donors (Lipinski definition) is 2. The van der Waals surface area contributed by atoms with E-state index >= 15 is 0 Å². The zero-order chi connectivity index (χ0) is 15.5. The highest BCUT2D eigenvalue weighted by atomic mass is 35.5. The van der Waals surface area contributed by atoms with Gasteiger partial charge in [-0.2, -0.15) is 0 Å². The number of nitrogens with one attached hydrogen (secondary N) is 2. The van der Waals surface area contributed by atoms with Crippen molar-refractivity contribution in [2.75, 3.05) is 36.9 Å². The van der Waals surface area contributed by atoms with Crippen LogP contribution in [0.5, 0.6) is 0 Å². The molecule has 1 atom stereocenters. The molecule has 6 heteroatoms. The molecule has 1 heterocycles. The van der Waals surface area contributed by atoms with E-state index in [9.17, 15) is 4.79 Å². The molecular weight excluding hydrogens is 302 g/mol. The van der Waals surface area contributed by atoms with Gasteiger partial charge in [-0.15, -0.1) is 0 Å². The van der Waals surface area contributed by atoms with Crippen LogP contribution in [0.2, 0.25) is 5.02 Å². The van der Waals surface area contributed by atoms with Gasteiger partial charge >= 0.3 is 0 Å². The van der Waals surface area contributed by atoms with E-state index in [1.165, 1.54) is 12.8 Å². The first-order chi connectivity index (χ1) is 10.7. The second kappa shape index (κ2) is 6.86. The number of benzene rings is 1. The molecule has 5 nitrogen and oxygen atoms in total. The van der Waals surface area contributed by atoms with Gasteiger partial charge in [-0.1, -0.05) is 18.5 Å². The number of anilines is 2. The Kier molecular flexibility index (Phi) is 4.86. The van der Waals surface area contributed by atoms with E-state index in [1.54, 1.807) is 6.07 Å². The van der Waals surface area contributed by atoms with Crippen molar-refractivity contribution in [1.29, 1.82) is 0 Å². The summed E-state index contributed by atoms with van der Waals surface area (Å²) in [5.74, 6) is -0.112. The fraction of sp³-hybridized carbons (Fsp3) is 0.562. The molecule has 1 saturated carbocycles. The maximum absolute atomic E-state index is 12.5. The lowest BCUT2D eigenvalue weighted by Gasteiger charge is -2.31. The largest absolute Gasteiger partial charge is 0.381 e. The number of ether oxygens (including phenoxy) is 1. The first-order valence-corrected chi connectivity index (χ1v) is 8.24. The maximum Gasteiger partial charge on any atom is 0.254 e. The number of carbonyl (C=O) groups excluding carboxylic acids is 1. The number of likely N-dealkylation sites (N-methyl/N-ethyl adjacent to an activating group) is 1. The average molecular weight is 324 g/mol. The van der Waals surface area contributed by atoms with Gasteiger partial charge in [-0.25, -0.2) is 0 Å². The SMILES string of the molecule is CCN1CCOC(C(=O)Nc2cc(Cl)ccc2NC2CC2)C1. The summed E-state index contributed by atoms with van der Waals surface area (Å²) in [7, 11) is 0. The number of rotatable bonds is 5. The summed E-state index contributed by atoms with van der Waals surface area (Å²) in [5, 5.41) is 6.98. The molecule has 1 amide bonds. The van der Waals surface area contributed by atoms with Crippen molar-refractivity contribution in [3.05, 3.63) is 23.2 Å². The lowest BCUT2D eigenvalue weighted by molar-refractivity contribution is -0.132. The molecule has 1 unspecified atom stereocenters. The van der Waals surface area contributed by atoms with E-state index in [1.807, 2.05) is 12.1 Å². The Morgan fingerprint density at radius 2 is 2.23 bits per heavy atom. The predicted molar refractivity (Wildman–Crippen MR) is 88.6 cm³/mol. The summed E-state index contributed by atoms with van der Waals surface area (Å²) in [6, 6.07) is 6.04. The van der Waals surface area contributed by atoms with Gasteiger partial charge in [0.05, 0.1) is 18.0 Å². The number of halogens is 1. The average Bonchev–Trinajstić information content (AvgIpc) is 3.34. The summed E-state index contributed by atoms with van der Waals surface area (Å²) in [5.41, 5.74) is 1.64. The zero-order valence-electron chi connectivity index (χ0n) is 12.8. The molecule has 1 aromatic carbocycles. The Labute approximate surface area is 136 Å². The van der Waals surface area contributed by atoms with Gasteiger partial charge in [0.2, 0.25) is 0 Å². The smallest absolute Gasteiger partial charge is 0.254 e. The molecule has 0 spiro atoms. The molecule has 0 radical (unpaired) electrons. The molecule has 0 aromatic heterocycles. The molecule has 3 rings (SSSR count). The van der Waals surface area contributed by atoms with Crippen LogP contribution in [0.15, 0.2) is 18.2 Å². The molecule has 0 bridgehead atoms. The minimum absolute atomic E-state index is 0.112. The van der Waals surface area contributed by atoms with Crippen molar-refractivity contribution in [3.63, 3.8) is 0 Å². The first kappa shape index (κ1) is 15.6. The van der Waals surface area contributed by atoms with Crippen LogP contribution in [-0.2, 0) is 9.53 Å². The van der Waals surface area contributed by atoms with Crippen LogP contribution in [0.3, 0.4) is 0 Å². The van der Waals surface area contributed by atoms with E-state index in [4.69, 9.17) is 16.3 Å². The van der Waals surface area contributed by atoms with Crippen molar-refractivity contribution >= 4 is 28.9 Å². The molecule has 1 aromatic rings. The van der Waals surface area contributed by atoms with Crippen LogP contribution >= 0.6 is 11.6 Å². The number of morpholine rings is 1. The summed E-state index contributed by atoms with van der Waals surface area (Å²) in [6.07, 6.45) is 1.92. The van der Waals surface area contributed by atoms with Crippen LogP contribution in [0.1, 0.15) is 19.8 Å². The Hall–Kier alpha value is -1.30. The summed E-state index contributed by atoms with van der Waals surface area (Å²) < 4.78 is 5.60. The van der Waals surface area contributed by atoms with Gasteiger partial charge in [-0.05, 0) is 37.6 Å². The number of hydrogen-bond acceptors (Lipinski definition) is 4. The Morgan fingerprint density at radius 3 is 2.95 bits per heavy atom. The molecule has 1 aliphatic carbocycles. The Morgan fingerprint density at radius 1 is 1.41 bits per heavy atom. The standard InChI is InChI=1S/C16H22ClN3O2/c1-2-20-7-8-22-15(10-20)16(21)19-14-9-11(17)3-6-13(14)18-12-4-5-12/h3,6,9,12,15,18H,2,4-5,7-8,10H2,1H3,(H,19,21). The van der Waals surface area contributed by atoms with Crippen molar-refractivity contribution in [2.24, 2.45) is 0 Å². The summed E-state index contributed by atoms with van der Waals surface area (Å²) in [4.78, 5) is 14.7. The minimum atomic E-state index is -0.429. The monoisotopic (exact) mass is 323 g/mol. The van der Waals surface area contributed by atoms with E-state index in [0.717, 1.165) is 24.5 Å². The molecule has 1 aliphatic heterocycles. The number of nitrogens with zero attached hydrogens (tertiary/aromatic N) is 1. The molecule has 22 heavy (non-hydrogen) atoms. The van der Waals surface area contributed by atoms with Gasteiger partial charge in [-0.3, -0.25) is 9.69 Å². The van der Waals surface area contributed by atoms with Crippen molar-refractivity contribution in [2.45, 2.75) is 31.9 Å². The van der Waals surface area contributed by atoms with Crippen LogP contribution in [0, 0.1) is 0 Å². The van der Waals surface area contributed by atoms with Gasteiger partial charge < -0.3 is 15.4 Å². The molecule has 2 aliphatic rings. The lowest BCUT2D eigenvalue weighted by Crippen LogP contribution is -2.47. The van der Waals surface area contributed by atoms with Crippen LogP contribution in [-0.4, -0.2) is 49.2 Å². The Balaban J connectivity index is 1.68. The molecule has 2 fully saturated rings. The molecule has 120 valence electrons. The van der Waals surface area contributed by atoms with Crippen LogP contribution in [0.25, 0.3) is 0 Å². The van der Waals surface area contributed by atoms with Crippen LogP contribution in [0.4, 0.5) is 11.4 Å². The molecule has 2 N–H and O–H groups in total. The highest BCUT2D eigenvalue weighted by Gasteiger charge is 2.27. The second-order valence-electron chi connectivity index (χ2n) is 5.85. The third-order valence-electron chi connectivity index (χ3n) is 4.07. The first-order valence-electron chi connectivity index (χ1n) is 7.86. The summed E-state index contributed by atoms with van der Waals surface area (Å²) in [6.45, 7) is 5.13. The van der Waals surface area contributed by atoms with Crippen molar-refractivity contribution < 1.29 is 9.53 Å². The number of carbonyl (C=O) groups is 1. The third-order valence-corrected chi connectivity index (χ3v) is 4.30. The van der Waals surface area contributed by atoms with Gasteiger partial charge in [0.15, 0.2) is 0 Å². The highest BCUT2D eigenvalue weighted by Crippen LogP contribution is 2.31. The van der Waals surface area contributed by atoms with Gasteiger partial charge in [0.25, 0.3) is 5.91 Å². The minimum Gasteiger partial charge on any atom is -0.381 e. The third kappa shape index (κ3) is 3.91. The van der Waals surface area contributed by atoms with Gasteiger partial charge in [0, 0.05) is 24.2 Å². The van der Waals surface area contributed by atoms with Gasteiger partial charge in [0.1, 0.15) is 6.10 Å². The quantitative estimate of drug-likeness (QED) is 0.874. The lowest BCUT2D eigenvalue weighted by atomic mass is 10.2. The normalized spacial score (nSPS) is 22.4. The topological polar surface area (TPSA) is 53.6 Å². The van der Waals surface area contributed by atoms with Crippen LogP contribution < -0.4 is 10.6 Å². The van der Waals surface area contributed by atoms with E-state index in [2.05, 4.69) is 22.5 Å². The van der Waals surface area contributed by atoms with E-state index in [0.29, 0.717) is 24.2 Å². The maximum atomic E-state index is 12.5. The van der Waals surface area contributed by atoms with E-state index in [-0.39, 0.29) is 5.91 Å².